The van der Waals surface area contributed by atoms with Gasteiger partial charge in [0, 0.05) is 14.9 Å². The van der Waals surface area contributed by atoms with E-state index in [0.717, 1.165) is 8.66 Å². The number of thiophene rings is 1. The Hall–Kier alpha value is 0.0600. The van der Waals surface area contributed by atoms with Crippen molar-refractivity contribution < 1.29 is 4.39 Å². The lowest BCUT2D eigenvalue weighted by Crippen LogP contribution is -2.12. The Morgan fingerprint density at radius 2 is 2.00 bits per heavy atom. The molecule has 0 saturated carbocycles. The van der Waals surface area contributed by atoms with Crippen molar-refractivity contribution in [3.8, 4) is 0 Å². The minimum Gasteiger partial charge on any atom is -0.320 e. The quantitative estimate of drug-likeness (QED) is 0.698. The molecule has 1 atom stereocenters. The summed E-state index contributed by atoms with van der Waals surface area (Å²) in [7, 11) is 0. The molecular weight excluding hydrogens is 392 g/mol. The molecule has 2 rings (SSSR count). The van der Waals surface area contributed by atoms with Crippen LogP contribution in [0.5, 0.6) is 0 Å². The number of halogens is 4. The van der Waals surface area contributed by atoms with Crippen LogP contribution in [0, 0.1) is 5.82 Å². The fourth-order valence-corrected chi connectivity index (χ4v) is 3.36. The Labute approximate surface area is 124 Å². The van der Waals surface area contributed by atoms with Gasteiger partial charge in [0.1, 0.15) is 5.82 Å². The van der Waals surface area contributed by atoms with Crippen LogP contribution in [0.2, 0.25) is 5.02 Å². The van der Waals surface area contributed by atoms with E-state index in [9.17, 15) is 4.39 Å². The van der Waals surface area contributed by atoms with Gasteiger partial charge in [-0.1, -0.05) is 11.6 Å². The molecule has 0 amide bonds. The number of benzene rings is 1. The van der Waals surface area contributed by atoms with Gasteiger partial charge in [-0.05, 0) is 56.1 Å². The third kappa shape index (κ3) is 2.90. The van der Waals surface area contributed by atoms with Crippen molar-refractivity contribution in [2.45, 2.75) is 6.04 Å². The average Bonchev–Trinajstić information content (AvgIpc) is 2.69. The molecule has 0 spiro atoms. The lowest BCUT2D eigenvalue weighted by molar-refractivity contribution is 0.600. The SMILES string of the molecule is NC(c1ccc(Br)s1)c1cc(Cl)c(Br)cc1F. The van der Waals surface area contributed by atoms with E-state index in [4.69, 9.17) is 17.3 Å². The molecule has 17 heavy (non-hydrogen) atoms. The van der Waals surface area contributed by atoms with Crippen LogP contribution in [0.3, 0.4) is 0 Å². The van der Waals surface area contributed by atoms with Crippen LogP contribution in [-0.2, 0) is 0 Å². The van der Waals surface area contributed by atoms with E-state index in [0.29, 0.717) is 15.1 Å². The van der Waals surface area contributed by atoms with Crippen LogP contribution < -0.4 is 5.73 Å². The van der Waals surface area contributed by atoms with Gasteiger partial charge >= 0.3 is 0 Å². The molecule has 0 aliphatic rings. The van der Waals surface area contributed by atoms with Gasteiger partial charge in [-0.25, -0.2) is 4.39 Å². The molecule has 0 radical (unpaired) electrons. The Morgan fingerprint density at radius 3 is 2.59 bits per heavy atom. The second kappa shape index (κ2) is 5.36. The van der Waals surface area contributed by atoms with Gasteiger partial charge in [-0.2, -0.15) is 0 Å². The van der Waals surface area contributed by atoms with Gasteiger partial charge < -0.3 is 5.73 Å². The van der Waals surface area contributed by atoms with Gasteiger partial charge in [0.25, 0.3) is 0 Å². The molecule has 2 aromatic rings. The smallest absolute Gasteiger partial charge is 0.129 e. The first-order valence-corrected chi connectivity index (χ1v) is 7.42. The standard InChI is InChI=1S/C11H7Br2ClFNS/c12-6-4-8(15)5(3-7(6)14)11(16)9-1-2-10(13)17-9/h1-4,11H,16H2. The Kier molecular flexibility index (Phi) is 4.26. The number of rotatable bonds is 2. The molecule has 1 unspecified atom stereocenters. The van der Waals surface area contributed by atoms with Crippen LogP contribution in [-0.4, -0.2) is 0 Å². The molecule has 0 fully saturated rings. The summed E-state index contributed by atoms with van der Waals surface area (Å²) in [5, 5.41) is 0.451. The number of hydrogen-bond donors (Lipinski definition) is 1. The van der Waals surface area contributed by atoms with E-state index in [-0.39, 0.29) is 5.82 Å². The van der Waals surface area contributed by atoms with E-state index in [1.165, 1.54) is 17.4 Å². The molecule has 6 heteroatoms. The van der Waals surface area contributed by atoms with E-state index in [1.807, 2.05) is 12.1 Å². The van der Waals surface area contributed by atoms with E-state index < -0.39 is 6.04 Å². The van der Waals surface area contributed by atoms with Gasteiger partial charge in [0.05, 0.1) is 14.9 Å². The lowest BCUT2D eigenvalue weighted by Gasteiger charge is -2.12. The van der Waals surface area contributed by atoms with Crippen molar-refractivity contribution in [1.29, 1.82) is 0 Å². The molecular formula is C11H7Br2ClFNS. The number of hydrogen-bond acceptors (Lipinski definition) is 2. The van der Waals surface area contributed by atoms with Crippen molar-refractivity contribution in [3.63, 3.8) is 0 Å². The molecule has 90 valence electrons. The fourth-order valence-electron chi connectivity index (χ4n) is 1.42. The van der Waals surface area contributed by atoms with Crippen LogP contribution in [0.4, 0.5) is 4.39 Å². The lowest BCUT2D eigenvalue weighted by atomic mass is 10.1. The highest BCUT2D eigenvalue weighted by atomic mass is 79.9. The van der Waals surface area contributed by atoms with Gasteiger partial charge in [0.15, 0.2) is 0 Å². The van der Waals surface area contributed by atoms with Crippen LogP contribution in [0.25, 0.3) is 0 Å². The second-order valence-corrected chi connectivity index (χ2v) is 7.16. The largest absolute Gasteiger partial charge is 0.320 e. The van der Waals surface area contributed by atoms with Crippen molar-refractivity contribution in [3.05, 3.63) is 53.8 Å². The summed E-state index contributed by atoms with van der Waals surface area (Å²) in [6.07, 6.45) is 0. The molecule has 0 bridgehead atoms. The maximum absolute atomic E-state index is 13.8. The zero-order chi connectivity index (χ0) is 12.6. The van der Waals surface area contributed by atoms with Gasteiger partial charge in [-0.3, -0.25) is 0 Å². The third-order valence-corrected chi connectivity index (χ3v) is 5.18. The average molecular weight is 400 g/mol. The second-order valence-electron chi connectivity index (χ2n) is 3.41. The fraction of sp³-hybridized carbons (Fsp3) is 0.0909. The van der Waals surface area contributed by atoms with Crippen LogP contribution in [0.15, 0.2) is 32.5 Å². The monoisotopic (exact) mass is 397 g/mol. The normalized spacial score (nSPS) is 12.8. The predicted molar refractivity (Wildman–Crippen MR) is 77.2 cm³/mol. The molecule has 1 heterocycles. The maximum atomic E-state index is 13.8. The highest BCUT2D eigenvalue weighted by Crippen LogP contribution is 2.34. The zero-order valence-electron chi connectivity index (χ0n) is 8.38. The molecule has 2 N–H and O–H groups in total. The topological polar surface area (TPSA) is 26.0 Å². The summed E-state index contributed by atoms with van der Waals surface area (Å²) >= 11 is 14.0. The van der Waals surface area contributed by atoms with E-state index >= 15 is 0 Å². The zero-order valence-corrected chi connectivity index (χ0v) is 13.1. The van der Waals surface area contributed by atoms with Gasteiger partial charge in [-0.15, -0.1) is 11.3 Å². The van der Waals surface area contributed by atoms with E-state index in [2.05, 4.69) is 31.9 Å². The highest BCUT2D eigenvalue weighted by molar-refractivity contribution is 9.11. The first-order valence-electron chi connectivity index (χ1n) is 4.64. The summed E-state index contributed by atoms with van der Waals surface area (Å²) in [6.45, 7) is 0. The summed E-state index contributed by atoms with van der Waals surface area (Å²) in [4.78, 5) is 0.883. The summed E-state index contributed by atoms with van der Waals surface area (Å²) in [5.74, 6) is -0.363. The number of nitrogens with two attached hydrogens (primary N) is 1. The molecule has 0 saturated heterocycles. The van der Waals surface area contributed by atoms with Crippen LogP contribution >= 0.6 is 54.8 Å². The minimum absolute atomic E-state index is 0.363. The Balaban J connectivity index is 2.43. The van der Waals surface area contributed by atoms with Gasteiger partial charge in [0.2, 0.25) is 0 Å². The molecule has 0 aliphatic carbocycles. The summed E-state index contributed by atoms with van der Waals surface area (Å²) in [5.41, 5.74) is 6.42. The van der Waals surface area contributed by atoms with Crippen LogP contribution in [0.1, 0.15) is 16.5 Å². The summed E-state index contributed by atoms with van der Waals surface area (Å²) in [6, 6.07) is 6.14. The Bertz CT molecular complexity index is 558. The molecule has 0 aliphatic heterocycles. The van der Waals surface area contributed by atoms with Crippen molar-refractivity contribution >= 4 is 54.8 Å². The first kappa shape index (κ1) is 13.5. The Morgan fingerprint density at radius 1 is 1.29 bits per heavy atom. The molecule has 1 aromatic carbocycles. The molecule has 1 aromatic heterocycles. The molecule has 1 nitrogen and oxygen atoms in total. The highest BCUT2D eigenvalue weighted by Gasteiger charge is 2.17. The first-order chi connectivity index (χ1) is 7.99. The minimum atomic E-state index is -0.503. The van der Waals surface area contributed by atoms with E-state index in [1.54, 1.807) is 6.07 Å². The van der Waals surface area contributed by atoms with Crippen molar-refractivity contribution in [2.75, 3.05) is 0 Å². The van der Waals surface area contributed by atoms with Crippen molar-refractivity contribution in [2.24, 2.45) is 5.73 Å². The third-order valence-electron chi connectivity index (χ3n) is 2.28. The van der Waals surface area contributed by atoms with Crippen molar-refractivity contribution in [1.82, 2.24) is 0 Å². The maximum Gasteiger partial charge on any atom is 0.129 e. The summed E-state index contributed by atoms with van der Waals surface area (Å²) < 4.78 is 15.3. The predicted octanol–water partition coefficient (Wildman–Crippen LogP) is 5.11.